The number of anilines is 1. The van der Waals surface area contributed by atoms with Crippen molar-refractivity contribution in [1.82, 2.24) is 9.78 Å². The van der Waals surface area contributed by atoms with Gasteiger partial charge in [0.05, 0.1) is 17.1 Å². The number of ether oxygens (including phenoxy) is 1. The van der Waals surface area contributed by atoms with Crippen LogP contribution in [0.25, 0.3) is 0 Å². The third-order valence-corrected chi connectivity index (χ3v) is 2.83. The molecule has 0 aromatic carbocycles. The number of carbonyl (C=O) groups excluding carboxylic acids is 2. The van der Waals surface area contributed by atoms with Crippen LogP contribution in [-0.4, -0.2) is 27.8 Å². The van der Waals surface area contributed by atoms with Crippen LogP contribution < -0.4 is 5.32 Å². The molecule has 110 valence electrons. The van der Waals surface area contributed by atoms with Crippen molar-refractivity contribution in [3.05, 3.63) is 23.0 Å². The molecule has 1 unspecified atom stereocenters. The third-order valence-electron chi connectivity index (χ3n) is 2.83. The monoisotopic (exact) mass is 279 g/mol. The summed E-state index contributed by atoms with van der Waals surface area (Å²) in [5.41, 5.74) is 3.05. The Morgan fingerprint density at radius 3 is 2.40 bits per heavy atom. The first-order valence-corrected chi connectivity index (χ1v) is 6.39. The molecule has 0 aliphatic carbocycles. The van der Waals surface area contributed by atoms with Crippen molar-refractivity contribution < 1.29 is 14.3 Å². The summed E-state index contributed by atoms with van der Waals surface area (Å²) < 4.78 is 6.71. The van der Waals surface area contributed by atoms with Gasteiger partial charge in [-0.25, -0.2) is 4.79 Å². The summed E-state index contributed by atoms with van der Waals surface area (Å²) >= 11 is 0. The first-order valence-electron chi connectivity index (χ1n) is 6.39. The van der Waals surface area contributed by atoms with E-state index in [2.05, 4.69) is 10.4 Å². The number of aryl methyl sites for hydroxylation is 2. The molecule has 1 rings (SSSR count). The molecule has 0 aliphatic heterocycles. The van der Waals surface area contributed by atoms with E-state index in [1.165, 1.54) is 13.0 Å². The van der Waals surface area contributed by atoms with E-state index in [-0.39, 0.29) is 5.91 Å². The van der Waals surface area contributed by atoms with Crippen LogP contribution >= 0.6 is 0 Å². The highest BCUT2D eigenvalue weighted by molar-refractivity contribution is 5.96. The molecule has 1 aromatic heterocycles. The maximum atomic E-state index is 12.0. The molecule has 0 saturated heterocycles. The molecule has 0 aliphatic rings. The molecule has 0 saturated carbocycles. The average molecular weight is 279 g/mol. The number of rotatable bonds is 4. The predicted molar refractivity (Wildman–Crippen MR) is 76.3 cm³/mol. The lowest BCUT2D eigenvalue weighted by Gasteiger charge is -2.12. The Hall–Kier alpha value is -2.11. The van der Waals surface area contributed by atoms with Gasteiger partial charge in [0, 0.05) is 13.1 Å². The van der Waals surface area contributed by atoms with Crippen LogP contribution in [0.1, 0.15) is 32.2 Å². The lowest BCUT2D eigenvalue weighted by molar-refractivity contribution is -0.148. The van der Waals surface area contributed by atoms with Crippen LogP contribution in [0.2, 0.25) is 0 Å². The van der Waals surface area contributed by atoms with E-state index >= 15 is 0 Å². The van der Waals surface area contributed by atoms with Crippen LogP contribution in [-0.2, 0) is 21.4 Å². The lowest BCUT2D eigenvalue weighted by atomic mass is 10.3. The number of hydrogen-bond acceptors (Lipinski definition) is 4. The van der Waals surface area contributed by atoms with Crippen LogP contribution in [0.3, 0.4) is 0 Å². The van der Waals surface area contributed by atoms with E-state index in [1.807, 2.05) is 13.8 Å². The zero-order chi connectivity index (χ0) is 15.4. The molecule has 1 atom stereocenters. The van der Waals surface area contributed by atoms with E-state index in [4.69, 9.17) is 4.74 Å². The predicted octanol–water partition coefficient (Wildman–Crippen LogP) is 1.87. The topological polar surface area (TPSA) is 73.2 Å². The van der Waals surface area contributed by atoms with Gasteiger partial charge in [0.1, 0.15) is 0 Å². The second-order valence-electron chi connectivity index (χ2n) is 4.96. The van der Waals surface area contributed by atoms with Gasteiger partial charge in [-0.3, -0.25) is 9.48 Å². The summed E-state index contributed by atoms with van der Waals surface area (Å²) in [7, 11) is 1.80. The zero-order valence-corrected chi connectivity index (χ0v) is 12.8. The number of nitrogens with zero attached hydrogens (tertiary/aromatic N) is 2. The van der Waals surface area contributed by atoms with Crippen LogP contribution in [0.5, 0.6) is 0 Å². The van der Waals surface area contributed by atoms with E-state index < -0.39 is 12.1 Å². The van der Waals surface area contributed by atoms with Crippen molar-refractivity contribution in [3.63, 3.8) is 0 Å². The zero-order valence-electron chi connectivity index (χ0n) is 12.8. The number of aromatic nitrogens is 2. The standard InChI is InChI=1S/C14H21N3O3/c1-8(2)7-12(18)20-11(5)14(19)15-13-9(3)16-17(6)10(13)4/h7,11H,1-6H3,(H,15,19). The molecule has 1 N–H and O–H groups in total. The quantitative estimate of drug-likeness (QED) is 0.674. The van der Waals surface area contributed by atoms with Gasteiger partial charge in [-0.15, -0.1) is 0 Å². The van der Waals surface area contributed by atoms with Crippen LogP contribution in [0.15, 0.2) is 11.6 Å². The Morgan fingerprint density at radius 1 is 1.35 bits per heavy atom. The van der Waals surface area contributed by atoms with Crippen molar-refractivity contribution in [2.75, 3.05) is 5.32 Å². The van der Waals surface area contributed by atoms with E-state index in [1.54, 1.807) is 25.6 Å². The highest BCUT2D eigenvalue weighted by atomic mass is 16.5. The average Bonchev–Trinajstić information content (AvgIpc) is 2.54. The van der Waals surface area contributed by atoms with Gasteiger partial charge in [0.25, 0.3) is 5.91 Å². The number of hydrogen-bond donors (Lipinski definition) is 1. The van der Waals surface area contributed by atoms with Crippen LogP contribution in [0.4, 0.5) is 5.69 Å². The Kier molecular flexibility index (Phi) is 5.07. The summed E-state index contributed by atoms with van der Waals surface area (Å²) in [6.45, 7) is 8.77. The summed E-state index contributed by atoms with van der Waals surface area (Å²) in [5.74, 6) is -0.896. The number of nitrogens with one attached hydrogen (secondary N) is 1. The normalized spacial score (nSPS) is 11.7. The molecular weight excluding hydrogens is 258 g/mol. The van der Waals surface area contributed by atoms with E-state index in [0.717, 1.165) is 17.0 Å². The van der Waals surface area contributed by atoms with Crippen molar-refractivity contribution >= 4 is 17.6 Å². The van der Waals surface area contributed by atoms with Gasteiger partial charge in [-0.2, -0.15) is 5.10 Å². The molecule has 1 amide bonds. The Morgan fingerprint density at radius 2 is 1.95 bits per heavy atom. The molecule has 20 heavy (non-hydrogen) atoms. The number of carbonyl (C=O) groups is 2. The molecular formula is C14H21N3O3. The summed E-state index contributed by atoms with van der Waals surface area (Å²) in [5, 5.41) is 6.95. The van der Waals surface area contributed by atoms with Gasteiger partial charge in [-0.1, -0.05) is 5.57 Å². The fourth-order valence-corrected chi connectivity index (χ4v) is 1.68. The van der Waals surface area contributed by atoms with Crippen molar-refractivity contribution in [3.8, 4) is 0 Å². The molecule has 0 radical (unpaired) electrons. The molecule has 0 spiro atoms. The fraction of sp³-hybridized carbons (Fsp3) is 0.500. The van der Waals surface area contributed by atoms with Crippen molar-refractivity contribution in [2.24, 2.45) is 7.05 Å². The smallest absolute Gasteiger partial charge is 0.331 e. The third kappa shape index (κ3) is 3.94. The summed E-state index contributed by atoms with van der Waals surface area (Å²) in [4.78, 5) is 23.5. The number of esters is 1. The second-order valence-corrected chi connectivity index (χ2v) is 4.96. The van der Waals surface area contributed by atoms with Gasteiger partial charge < -0.3 is 10.1 Å². The van der Waals surface area contributed by atoms with E-state index in [9.17, 15) is 9.59 Å². The first kappa shape index (κ1) is 15.9. The molecule has 0 bridgehead atoms. The van der Waals surface area contributed by atoms with Crippen molar-refractivity contribution in [2.45, 2.75) is 40.7 Å². The Balaban J connectivity index is 2.71. The minimum atomic E-state index is -0.864. The highest BCUT2D eigenvalue weighted by Gasteiger charge is 2.20. The Labute approximate surface area is 118 Å². The minimum absolute atomic E-state index is 0.375. The largest absolute Gasteiger partial charge is 0.449 e. The maximum absolute atomic E-state index is 12.0. The second kappa shape index (κ2) is 6.36. The van der Waals surface area contributed by atoms with Crippen molar-refractivity contribution in [1.29, 1.82) is 0 Å². The highest BCUT2D eigenvalue weighted by Crippen LogP contribution is 2.18. The van der Waals surface area contributed by atoms with Gasteiger partial charge in [0.2, 0.25) is 0 Å². The van der Waals surface area contributed by atoms with Crippen LogP contribution in [0, 0.1) is 13.8 Å². The molecule has 6 heteroatoms. The molecule has 1 heterocycles. The Bertz CT molecular complexity index is 554. The minimum Gasteiger partial charge on any atom is -0.449 e. The molecule has 6 nitrogen and oxygen atoms in total. The molecule has 1 aromatic rings. The summed E-state index contributed by atoms with van der Waals surface area (Å²) in [6, 6.07) is 0. The van der Waals surface area contributed by atoms with E-state index in [0.29, 0.717) is 5.69 Å². The maximum Gasteiger partial charge on any atom is 0.331 e. The van der Waals surface area contributed by atoms with Gasteiger partial charge in [-0.05, 0) is 34.6 Å². The van der Waals surface area contributed by atoms with Gasteiger partial charge in [0.15, 0.2) is 6.10 Å². The summed E-state index contributed by atoms with van der Waals surface area (Å²) in [6.07, 6.45) is 0.488. The number of amides is 1. The molecule has 0 fully saturated rings. The lowest BCUT2D eigenvalue weighted by Crippen LogP contribution is -2.29. The fourth-order valence-electron chi connectivity index (χ4n) is 1.68. The first-order chi connectivity index (χ1) is 9.22. The number of allylic oxidation sites excluding steroid dienone is 1. The van der Waals surface area contributed by atoms with Gasteiger partial charge >= 0.3 is 5.97 Å². The SMILES string of the molecule is CC(C)=CC(=O)OC(C)C(=O)Nc1c(C)nn(C)c1C.